The largest absolute Gasteiger partial charge is 0.433 e. The molecule has 0 spiro atoms. The Balaban J connectivity index is 1.42. The van der Waals surface area contributed by atoms with Crippen molar-refractivity contribution in [3.8, 4) is 0 Å². The second-order valence-corrected chi connectivity index (χ2v) is 8.03. The molecule has 1 amide bonds. The summed E-state index contributed by atoms with van der Waals surface area (Å²) in [6.45, 7) is 1.88. The predicted molar refractivity (Wildman–Crippen MR) is 112 cm³/mol. The number of fused-ring (bicyclic) bond motifs is 1. The van der Waals surface area contributed by atoms with E-state index in [2.05, 4.69) is 20.7 Å². The van der Waals surface area contributed by atoms with Crippen molar-refractivity contribution in [2.45, 2.75) is 50.9 Å². The molecule has 1 aliphatic rings. The summed E-state index contributed by atoms with van der Waals surface area (Å²) < 4.78 is 41.5. The molecule has 2 aromatic heterocycles. The molecule has 1 aliphatic carbocycles. The van der Waals surface area contributed by atoms with Gasteiger partial charge in [-0.3, -0.25) is 9.48 Å². The Kier molecular flexibility index (Phi) is 5.60. The van der Waals surface area contributed by atoms with Crippen LogP contribution >= 0.6 is 0 Å². The number of para-hydroxylation sites is 1. The molecule has 2 N–H and O–H groups in total. The molecule has 1 fully saturated rings. The van der Waals surface area contributed by atoms with Gasteiger partial charge in [-0.2, -0.15) is 18.3 Å². The molecular formula is C22H24F3N5O. The van der Waals surface area contributed by atoms with Gasteiger partial charge in [-0.05, 0) is 50.8 Å². The zero-order chi connectivity index (χ0) is 22.2. The summed E-state index contributed by atoms with van der Waals surface area (Å²) in [5, 5.41) is 11.2. The van der Waals surface area contributed by atoms with Gasteiger partial charge in [0.25, 0.3) is 5.91 Å². The van der Waals surface area contributed by atoms with Crippen LogP contribution in [0.3, 0.4) is 0 Å². The van der Waals surface area contributed by atoms with Gasteiger partial charge in [0.05, 0.1) is 5.52 Å². The van der Waals surface area contributed by atoms with Crippen molar-refractivity contribution in [1.82, 2.24) is 20.1 Å². The second-order valence-electron chi connectivity index (χ2n) is 8.03. The lowest BCUT2D eigenvalue weighted by Crippen LogP contribution is -2.40. The molecular weight excluding hydrogens is 407 g/mol. The highest BCUT2D eigenvalue weighted by Crippen LogP contribution is 2.34. The SMILES string of the molecule is Cc1cc(C(=O)NC2CCC(Nc3cc(C(F)(F)F)nc4ccccc34)CC2)nn1C. The van der Waals surface area contributed by atoms with Gasteiger partial charge in [-0.1, -0.05) is 18.2 Å². The molecule has 1 saturated carbocycles. The normalized spacial score (nSPS) is 19.4. The Bertz CT molecular complexity index is 1080. The lowest BCUT2D eigenvalue weighted by molar-refractivity contribution is -0.140. The number of alkyl halides is 3. The minimum Gasteiger partial charge on any atom is -0.382 e. The summed E-state index contributed by atoms with van der Waals surface area (Å²) in [4.78, 5) is 16.2. The van der Waals surface area contributed by atoms with Crippen LogP contribution in [-0.2, 0) is 13.2 Å². The molecule has 0 atom stereocenters. The summed E-state index contributed by atoms with van der Waals surface area (Å²) >= 11 is 0. The summed E-state index contributed by atoms with van der Waals surface area (Å²) in [7, 11) is 1.79. The maximum atomic E-state index is 13.3. The first-order chi connectivity index (χ1) is 14.7. The number of anilines is 1. The molecule has 6 nitrogen and oxygen atoms in total. The molecule has 0 unspecified atom stereocenters. The van der Waals surface area contributed by atoms with E-state index in [1.54, 1.807) is 42.1 Å². The van der Waals surface area contributed by atoms with E-state index in [1.165, 1.54) is 0 Å². The molecule has 9 heteroatoms. The number of aryl methyl sites for hydroxylation is 2. The number of nitrogens with one attached hydrogen (secondary N) is 2. The summed E-state index contributed by atoms with van der Waals surface area (Å²) in [5.41, 5.74) is 1.14. The van der Waals surface area contributed by atoms with E-state index in [4.69, 9.17) is 0 Å². The summed E-state index contributed by atoms with van der Waals surface area (Å²) in [6.07, 6.45) is -1.55. The zero-order valence-corrected chi connectivity index (χ0v) is 17.3. The van der Waals surface area contributed by atoms with Crippen LogP contribution in [0, 0.1) is 6.92 Å². The molecule has 0 bridgehead atoms. The van der Waals surface area contributed by atoms with E-state index in [1.807, 2.05) is 6.92 Å². The number of amides is 1. The van der Waals surface area contributed by atoms with E-state index in [9.17, 15) is 18.0 Å². The van der Waals surface area contributed by atoms with Gasteiger partial charge in [-0.25, -0.2) is 4.98 Å². The second kappa shape index (κ2) is 8.20. The van der Waals surface area contributed by atoms with Crippen molar-refractivity contribution in [2.75, 3.05) is 5.32 Å². The maximum Gasteiger partial charge on any atom is 0.433 e. The Morgan fingerprint density at radius 3 is 2.42 bits per heavy atom. The number of hydrogen-bond acceptors (Lipinski definition) is 4. The number of halogens is 3. The fraction of sp³-hybridized carbons (Fsp3) is 0.409. The highest BCUT2D eigenvalue weighted by molar-refractivity contribution is 5.93. The Morgan fingerprint density at radius 1 is 1.10 bits per heavy atom. The molecule has 1 aromatic carbocycles. The number of rotatable bonds is 4. The van der Waals surface area contributed by atoms with Gasteiger partial charge in [0, 0.05) is 35.9 Å². The van der Waals surface area contributed by atoms with E-state index >= 15 is 0 Å². The fourth-order valence-corrected chi connectivity index (χ4v) is 3.97. The molecule has 0 radical (unpaired) electrons. The number of aromatic nitrogens is 3. The number of carbonyl (C=O) groups is 1. The van der Waals surface area contributed by atoms with E-state index in [0.29, 0.717) is 22.3 Å². The average Bonchev–Trinajstić information content (AvgIpc) is 3.07. The Hall–Kier alpha value is -3.10. The van der Waals surface area contributed by atoms with Crippen LogP contribution in [0.25, 0.3) is 10.9 Å². The van der Waals surface area contributed by atoms with Gasteiger partial charge in [0.1, 0.15) is 11.4 Å². The quantitative estimate of drug-likeness (QED) is 0.640. The molecule has 4 rings (SSSR count). The third-order valence-electron chi connectivity index (χ3n) is 5.78. The molecule has 0 saturated heterocycles. The summed E-state index contributed by atoms with van der Waals surface area (Å²) in [5.74, 6) is -0.199. The Labute approximate surface area is 177 Å². The topological polar surface area (TPSA) is 71.8 Å². The van der Waals surface area contributed by atoms with Crippen molar-refractivity contribution < 1.29 is 18.0 Å². The summed E-state index contributed by atoms with van der Waals surface area (Å²) in [6, 6.07) is 9.69. The van der Waals surface area contributed by atoms with Crippen LogP contribution in [-0.4, -0.2) is 32.8 Å². The van der Waals surface area contributed by atoms with Crippen molar-refractivity contribution >= 4 is 22.5 Å². The van der Waals surface area contributed by atoms with Crippen LogP contribution in [0.2, 0.25) is 0 Å². The van der Waals surface area contributed by atoms with E-state index < -0.39 is 11.9 Å². The van der Waals surface area contributed by atoms with Gasteiger partial charge in [-0.15, -0.1) is 0 Å². The number of benzene rings is 1. The number of nitrogens with zero attached hydrogens (tertiary/aromatic N) is 3. The third-order valence-corrected chi connectivity index (χ3v) is 5.78. The zero-order valence-electron chi connectivity index (χ0n) is 17.3. The van der Waals surface area contributed by atoms with Crippen LogP contribution < -0.4 is 10.6 Å². The lowest BCUT2D eigenvalue weighted by atomic mass is 9.90. The molecule has 2 heterocycles. The van der Waals surface area contributed by atoms with E-state index in [0.717, 1.165) is 37.4 Å². The molecule has 3 aromatic rings. The standard InChI is InChI=1S/C22H24F3N5O/c1-13-11-19(29-30(13)2)21(31)27-15-9-7-14(8-10-15)26-18-12-20(22(23,24)25)28-17-6-4-3-5-16(17)18/h3-6,11-12,14-15H,7-10H2,1-2H3,(H,26,28)(H,27,31). The maximum absolute atomic E-state index is 13.3. The van der Waals surface area contributed by atoms with Crippen LogP contribution in [0.4, 0.5) is 18.9 Å². The first-order valence-corrected chi connectivity index (χ1v) is 10.3. The minimum absolute atomic E-state index is 0.0211. The highest BCUT2D eigenvalue weighted by Gasteiger charge is 2.34. The van der Waals surface area contributed by atoms with Crippen molar-refractivity contribution in [3.63, 3.8) is 0 Å². The molecule has 31 heavy (non-hydrogen) atoms. The third kappa shape index (κ3) is 4.65. The molecule has 164 valence electrons. The van der Waals surface area contributed by atoms with Crippen molar-refractivity contribution in [1.29, 1.82) is 0 Å². The first-order valence-electron chi connectivity index (χ1n) is 10.3. The number of pyridine rings is 1. The average molecular weight is 431 g/mol. The lowest BCUT2D eigenvalue weighted by Gasteiger charge is -2.30. The predicted octanol–water partition coefficient (Wildman–Crippen LogP) is 4.45. The van der Waals surface area contributed by atoms with Crippen molar-refractivity contribution in [2.24, 2.45) is 7.05 Å². The first kappa shape index (κ1) is 21.1. The van der Waals surface area contributed by atoms with Crippen LogP contribution in [0.15, 0.2) is 36.4 Å². The number of carbonyl (C=O) groups excluding carboxylic acids is 1. The minimum atomic E-state index is -4.51. The van der Waals surface area contributed by atoms with Gasteiger partial charge in [0.2, 0.25) is 0 Å². The number of hydrogen-bond donors (Lipinski definition) is 2. The van der Waals surface area contributed by atoms with E-state index in [-0.39, 0.29) is 18.0 Å². The monoisotopic (exact) mass is 431 g/mol. The van der Waals surface area contributed by atoms with Gasteiger partial charge >= 0.3 is 6.18 Å². The Morgan fingerprint density at radius 2 is 1.77 bits per heavy atom. The van der Waals surface area contributed by atoms with Crippen LogP contribution in [0.1, 0.15) is 47.6 Å². The fourth-order valence-electron chi connectivity index (χ4n) is 3.97. The smallest absolute Gasteiger partial charge is 0.382 e. The van der Waals surface area contributed by atoms with Crippen LogP contribution in [0.5, 0.6) is 0 Å². The van der Waals surface area contributed by atoms with Gasteiger partial charge < -0.3 is 10.6 Å². The van der Waals surface area contributed by atoms with Gasteiger partial charge in [0.15, 0.2) is 0 Å². The highest BCUT2D eigenvalue weighted by atomic mass is 19.4. The van der Waals surface area contributed by atoms with Crippen molar-refractivity contribution in [3.05, 3.63) is 53.5 Å². The molecule has 0 aliphatic heterocycles.